The van der Waals surface area contributed by atoms with Gasteiger partial charge in [0.05, 0.1) is 11.6 Å². The zero-order valence-electron chi connectivity index (χ0n) is 10.8. The Morgan fingerprint density at radius 3 is 1.85 bits per heavy atom. The van der Waals surface area contributed by atoms with Crippen LogP contribution in [0.2, 0.25) is 0 Å². The van der Waals surface area contributed by atoms with Crippen LogP contribution < -0.4 is 22.1 Å². The van der Waals surface area contributed by atoms with Crippen LogP contribution in [0.1, 0.15) is 13.8 Å². The third-order valence-corrected chi connectivity index (χ3v) is 4.05. The molecule has 1 rings (SSSR count). The lowest BCUT2D eigenvalue weighted by Gasteiger charge is -2.62. The van der Waals surface area contributed by atoms with Crippen LogP contribution in [-0.4, -0.2) is 45.8 Å². The standard InChI is InChI=1S/C10H16N4O6/c1-9(6(17)18)4(13-7(11)19)3(5(15)16)10(9,2)14-8(12)20/h3-4H,1-2H3,(H,15,16)(H,17,18)(H3,11,13,19)(H3,12,14,20)/t3-,4+,9-,10+/m1/s1. The predicted octanol–water partition coefficient (Wildman–Crippen LogP) is -1.74. The second kappa shape index (κ2) is 4.54. The molecule has 112 valence electrons. The molecule has 0 spiro atoms. The van der Waals surface area contributed by atoms with Gasteiger partial charge in [-0.15, -0.1) is 0 Å². The number of hydrogen-bond donors (Lipinski definition) is 6. The van der Waals surface area contributed by atoms with E-state index in [4.69, 9.17) is 11.5 Å². The lowest BCUT2D eigenvalue weighted by molar-refractivity contribution is -0.187. The quantitative estimate of drug-likeness (QED) is 0.356. The molecule has 0 saturated heterocycles. The van der Waals surface area contributed by atoms with E-state index in [1.807, 2.05) is 0 Å². The van der Waals surface area contributed by atoms with Gasteiger partial charge in [0, 0.05) is 0 Å². The first kappa shape index (κ1) is 15.5. The molecular formula is C10H16N4O6. The zero-order valence-corrected chi connectivity index (χ0v) is 10.8. The molecule has 0 aromatic rings. The molecule has 0 aromatic carbocycles. The van der Waals surface area contributed by atoms with Gasteiger partial charge in [-0.2, -0.15) is 0 Å². The van der Waals surface area contributed by atoms with Gasteiger partial charge in [-0.25, -0.2) is 9.59 Å². The van der Waals surface area contributed by atoms with E-state index in [1.165, 1.54) is 13.8 Å². The van der Waals surface area contributed by atoms with Crippen molar-refractivity contribution in [1.82, 2.24) is 10.6 Å². The first-order chi connectivity index (χ1) is 8.98. The number of aliphatic carboxylic acids is 2. The van der Waals surface area contributed by atoms with Gasteiger partial charge in [-0.3, -0.25) is 9.59 Å². The molecule has 0 radical (unpaired) electrons. The fraction of sp³-hybridized carbons (Fsp3) is 0.600. The summed E-state index contributed by atoms with van der Waals surface area (Å²) in [6, 6.07) is -3.41. The highest BCUT2D eigenvalue weighted by molar-refractivity contribution is 5.90. The van der Waals surface area contributed by atoms with E-state index in [0.29, 0.717) is 0 Å². The zero-order chi connectivity index (χ0) is 15.9. The number of hydrogen-bond acceptors (Lipinski definition) is 4. The molecule has 10 heteroatoms. The van der Waals surface area contributed by atoms with Gasteiger partial charge >= 0.3 is 24.0 Å². The highest BCUT2D eigenvalue weighted by atomic mass is 16.4. The van der Waals surface area contributed by atoms with Crippen molar-refractivity contribution in [2.45, 2.75) is 25.4 Å². The van der Waals surface area contributed by atoms with Gasteiger partial charge in [-0.05, 0) is 13.8 Å². The number of rotatable bonds is 4. The Kier molecular flexibility index (Phi) is 3.53. The van der Waals surface area contributed by atoms with Gasteiger partial charge in [0.15, 0.2) is 0 Å². The van der Waals surface area contributed by atoms with E-state index in [1.54, 1.807) is 0 Å². The maximum atomic E-state index is 11.5. The van der Waals surface area contributed by atoms with Gasteiger partial charge in [0.25, 0.3) is 0 Å². The van der Waals surface area contributed by atoms with Crippen molar-refractivity contribution in [3.63, 3.8) is 0 Å². The number of carbonyl (C=O) groups excluding carboxylic acids is 2. The summed E-state index contributed by atoms with van der Waals surface area (Å²) in [6.45, 7) is 2.44. The molecule has 0 unspecified atom stereocenters. The Labute approximate surface area is 113 Å². The average molecular weight is 288 g/mol. The molecule has 4 amide bonds. The number of carbonyl (C=O) groups is 4. The lowest BCUT2D eigenvalue weighted by Crippen LogP contribution is -2.85. The Morgan fingerprint density at radius 2 is 1.55 bits per heavy atom. The Hall–Kier alpha value is -2.52. The van der Waals surface area contributed by atoms with Crippen LogP contribution in [0.3, 0.4) is 0 Å². The summed E-state index contributed by atoms with van der Waals surface area (Å²) in [5.74, 6) is -4.17. The van der Waals surface area contributed by atoms with E-state index in [-0.39, 0.29) is 0 Å². The number of carboxylic acid groups (broad SMARTS) is 2. The smallest absolute Gasteiger partial charge is 0.313 e. The topological polar surface area (TPSA) is 185 Å². The normalized spacial score (nSPS) is 35.5. The van der Waals surface area contributed by atoms with Crippen LogP contribution in [0.5, 0.6) is 0 Å². The summed E-state index contributed by atoms with van der Waals surface area (Å²) in [6.07, 6.45) is 0. The van der Waals surface area contributed by atoms with Crippen LogP contribution in [0.25, 0.3) is 0 Å². The molecule has 0 heterocycles. The highest BCUT2D eigenvalue weighted by Crippen LogP contribution is 2.54. The minimum atomic E-state index is -1.78. The van der Waals surface area contributed by atoms with E-state index < -0.39 is 46.9 Å². The summed E-state index contributed by atoms with van der Waals surface area (Å²) in [4.78, 5) is 44.7. The van der Waals surface area contributed by atoms with E-state index >= 15 is 0 Å². The van der Waals surface area contributed by atoms with E-state index in [9.17, 15) is 29.4 Å². The number of nitrogens with one attached hydrogen (secondary N) is 2. The lowest BCUT2D eigenvalue weighted by atomic mass is 9.46. The summed E-state index contributed by atoms with van der Waals surface area (Å²) in [5.41, 5.74) is 6.44. The predicted molar refractivity (Wildman–Crippen MR) is 64.5 cm³/mol. The molecule has 4 atom stereocenters. The molecule has 1 saturated carbocycles. The molecule has 8 N–H and O–H groups in total. The maximum Gasteiger partial charge on any atom is 0.313 e. The third kappa shape index (κ3) is 1.89. The molecular weight excluding hydrogens is 272 g/mol. The van der Waals surface area contributed by atoms with Crippen molar-refractivity contribution in [2.24, 2.45) is 22.8 Å². The number of nitrogens with two attached hydrogens (primary N) is 2. The van der Waals surface area contributed by atoms with E-state index in [2.05, 4.69) is 10.6 Å². The number of urea groups is 2. The van der Waals surface area contributed by atoms with Crippen LogP contribution in [-0.2, 0) is 9.59 Å². The van der Waals surface area contributed by atoms with Crippen molar-refractivity contribution >= 4 is 24.0 Å². The summed E-state index contributed by atoms with van der Waals surface area (Å²) >= 11 is 0. The highest BCUT2D eigenvalue weighted by Gasteiger charge is 2.75. The molecule has 1 aliphatic carbocycles. The molecule has 10 nitrogen and oxygen atoms in total. The molecule has 0 aliphatic heterocycles. The van der Waals surface area contributed by atoms with Crippen molar-refractivity contribution in [3.05, 3.63) is 0 Å². The van der Waals surface area contributed by atoms with Crippen molar-refractivity contribution in [2.75, 3.05) is 0 Å². The first-order valence-corrected chi connectivity index (χ1v) is 5.58. The van der Waals surface area contributed by atoms with Crippen LogP contribution in [0, 0.1) is 11.3 Å². The minimum absolute atomic E-state index is 1.06. The maximum absolute atomic E-state index is 11.5. The summed E-state index contributed by atoms with van der Waals surface area (Å²) in [5, 5.41) is 22.8. The third-order valence-electron chi connectivity index (χ3n) is 4.05. The molecule has 0 aromatic heterocycles. The van der Waals surface area contributed by atoms with Crippen molar-refractivity contribution < 1.29 is 29.4 Å². The van der Waals surface area contributed by atoms with Crippen LogP contribution in [0.15, 0.2) is 0 Å². The van der Waals surface area contributed by atoms with Crippen molar-refractivity contribution in [3.8, 4) is 0 Å². The summed E-state index contributed by atoms with van der Waals surface area (Å²) in [7, 11) is 0. The van der Waals surface area contributed by atoms with Crippen LogP contribution >= 0.6 is 0 Å². The summed E-state index contributed by atoms with van der Waals surface area (Å²) < 4.78 is 0. The average Bonchev–Trinajstić information content (AvgIpc) is 2.24. The largest absolute Gasteiger partial charge is 0.481 e. The molecule has 1 fully saturated rings. The van der Waals surface area contributed by atoms with Crippen molar-refractivity contribution in [1.29, 1.82) is 0 Å². The molecule has 1 aliphatic rings. The Bertz CT molecular complexity index is 494. The van der Waals surface area contributed by atoms with Gasteiger partial charge in [-0.1, -0.05) is 0 Å². The minimum Gasteiger partial charge on any atom is -0.481 e. The second-order valence-electron chi connectivity index (χ2n) is 5.00. The van der Waals surface area contributed by atoms with Gasteiger partial charge in [0.1, 0.15) is 11.3 Å². The van der Waals surface area contributed by atoms with Gasteiger partial charge < -0.3 is 32.3 Å². The monoisotopic (exact) mass is 288 g/mol. The van der Waals surface area contributed by atoms with Crippen LogP contribution in [0.4, 0.5) is 9.59 Å². The molecule has 20 heavy (non-hydrogen) atoms. The second-order valence-corrected chi connectivity index (χ2v) is 5.00. The number of amides is 4. The first-order valence-electron chi connectivity index (χ1n) is 5.58. The Morgan fingerprint density at radius 1 is 1.05 bits per heavy atom. The fourth-order valence-corrected chi connectivity index (χ4v) is 2.81. The SMILES string of the molecule is C[C@]1(NC(N)=O)[C@@H](C(=O)O)[C@H](NC(N)=O)[C@]1(C)C(=O)O. The number of primary amides is 2. The van der Waals surface area contributed by atoms with Gasteiger partial charge in [0.2, 0.25) is 0 Å². The molecule has 0 bridgehead atoms. The van der Waals surface area contributed by atoms with E-state index in [0.717, 1.165) is 0 Å². The number of carboxylic acids is 2. The fourth-order valence-electron chi connectivity index (χ4n) is 2.81. The Balaban J connectivity index is 3.32.